The summed E-state index contributed by atoms with van der Waals surface area (Å²) in [6.45, 7) is 4.19. The van der Waals surface area contributed by atoms with Crippen LogP contribution in [0.5, 0.6) is 0 Å². The van der Waals surface area contributed by atoms with Crippen molar-refractivity contribution in [2.24, 2.45) is 0 Å². The van der Waals surface area contributed by atoms with Crippen LogP contribution in [0.15, 0.2) is 48.5 Å². The van der Waals surface area contributed by atoms with Crippen molar-refractivity contribution < 1.29 is 5.11 Å². The van der Waals surface area contributed by atoms with Gasteiger partial charge in [0, 0.05) is 21.0 Å². The molecule has 0 heterocycles. The highest BCUT2D eigenvalue weighted by Crippen LogP contribution is 2.45. The Kier molecular flexibility index (Phi) is 5.32. The van der Waals surface area contributed by atoms with E-state index in [-0.39, 0.29) is 5.41 Å². The summed E-state index contributed by atoms with van der Waals surface area (Å²) in [5.41, 5.74) is 1.45. The SMILES string of the molecule is CCC(CC)(c1ccccc1)C(O)c1cc(Cl)ccc1Cl. The van der Waals surface area contributed by atoms with E-state index in [1.165, 1.54) is 0 Å². The zero-order valence-corrected chi connectivity index (χ0v) is 13.8. The molecule has 0 radical (unpaired) electrons. The van der Waals surface area contributed by atoms with Gasteiger partial charge in [0.2, 0.25) is 0 Å². The van der Waals surface area contributed by atoms with E-state index in [9.17, 15) is 5.11 Å². The van der Waals surface area contributed by atoms with Crippen LogP contribution in [-0.2, 0) is 5.41 Å². The maximum absolute atomic E-state index is 11.0. The standard InChI is InChI=1S/C18H20Cl2O/c1-3-18(4-2,13-8-6-5-7-9-13)17(21)15-12-14(19)10-11-16(15)20/h5-12,17,21H,3-4H2,1-2H3. The van der Waals surface area contributed by atoms with Crippen molar-refractivity contribution in [1.29, 1.82) is 0 Å². The van der Waals surface area contributed by atoms with E-state index >= 15 is 0 Å². The summed E-state index contributed by atoms with van der Waals surface area (Å²) < 4.78 is 0. The highest BCUT2D eigenvalue weighted by Gasteiger charge is 2.38. The summed E-state index contributed by atoms with van der Waals surface area (Å²) >= 11 is 12.4. The van der Waals surface area contributed by atoms with Crippen molar-refractivity contribution in [1.82, 2.24) is 0 Å². The second-order valence-electron chi connectivity index (χ2n) is 5.30. The molecule has 1 nitrogen and oxygen atoms in total. The number of hydrogen-bond acceptors (Lipinski definition) is 1. The van der Waals surface area contributed by atoms with E-state index < -0.39 is 6.10 Å². The number of aliphatic hydroxyl groups is 1. The molecule has 0 saturated carbocycles. The van der Waals surface area contributed by atoms with Crippen molar-refractivity contribution in [3.63, 3.8) is 0 Å². The first-order chi connectivity index (χ1) is 10.0. The first-order valence-corrected chi connectivity index (χ1v) is 7.99. The smallest absolute Gasteiger partial charge is 0.0901 e. The Bertz CT molecular complexity index is 591. The fourth-order valence-electron chi connectivity index (χ4n) is 2.99. The molecule has 0 saturated heterocycles. The summed E-state index contributed by atoms with van der Waals surface area (Å²) in [4.78, 5) is 0. The van der Waals surface area contributed by atoms with Crippen molar-refractivity contribution in [2.45, 2.75) is 38.2 Å². The molecule has 0 aliphatic carbocycles. The van der Waals surface area contributed by atoms with E-state index in [0.717, 1.165) is 18.4 Å². The number of halogens is 2. The molecule has 0 fully saturated rings. The maximum Gasteiger partial charge on any atom is 0.0901 e. The molecule has 0 aromatic heterocycles. The Balaban J connectivity index is 2.54. The lowest BCUT2D eigenvalue weighted by Crippen LogP contribution is -2.32. The predicted molar refractivity (Wildman–Crippen MR) is 90.1 cm³/mol. The Hall–Kier alpha value is -1.02. The Morgan fingerprint density at radius 3 is 2.19 bits per heavy atom. The Morgan fingerprint density at radius 1 is 1.00 bits per heavy atom. The van der Waals surface area contributed by atoms with Crippen LogP contribution in [0.2, 0.25) is 10.0 Å². The Labute approximate surface area is 136 Å². The quantitative estimate of drug-likeness (QED) is 0.739. The van der Waals surface area contributed by atoms with Gasteiger partial charge in [-0.05, 0) is 36.6 Å². The highest BCUT2D eigenvalue weighted by atomic mass is 35.5. The van der Waals surface area contributed by atoms with Gasteiger partial charge >= 0.3 is 0 Å². The predicted octanol–water partition coefficient (Wildman–Crippen LogP) is 5.78. The number of hydrogen-bond donors (Lipinski definition) is 1. The lowest BCUT2D eigenvalue weighted by atomic mass is 9.69. The third-order valence-corrected chi connectivity index (χ3v) is 4.97. The van der Waals surface area contributed by atoms with Gasteiger partial charge < -0.3 is 5.11 Å². The zero-order chi connectivity index (χ0) is 15.5. The van der Waals surface area contributed by atoms with E-state index in [1.54, 1.807) is 18.2 Å². The molecule has 0 aliphatic heterocycles. The van der Waals surface area contributed by atoms with Gasteiger partial charge in [-0.2, -0.15) is 0 Å². The molecular formula is C18H20Cl2O. The fourth-order valence-corrected chi connectivity index (χ4v) is 3.40. The number of benzene rings is 2. The lowest BCUT2D eigenvalue weighted by molar-refractivity contribution is 0.0728. The van der Waals surface area contributed by atoms with Crippen LogP contribution in [0.4, 0.5) is 0 Å². The van der Waals surface area contributed by atoms with E-state index in [0.29, 0.717) is 15.6 Å². The highest BCUT2D eigenvalue weighted by molar-refractivity contribution is 6.33. The molecule has 112 valence electrons. The van der Waals surface area contributed by atoms with Crippen LogP contribution in [0.25, 0.3) is 0 Å². The molecule has 2 aromatic rings. The Morgan fingerprint density at radius 2 is 1.62 bits per heavy atom. The molecule has 1 N–H and O–H groups in total. The zero-order valence-electron chi connectivity index (χ0n) is 12.3. The first-order valence-electron chi connectivity index (χ1n) is 7.23. The summed E-state index contributed by atoms with van der Waals surface area (Å²) in [6, 6.07) is 15.4. The van der Waals surface area contributed by atoms with E-state index in [1.807, 2.05) is 18.2 Å². The van der Waals surface area contributed by atoms with Crippen LogP contribution < -0.4 is 0 Å². The summed E-state index contributed by atoms with van der Waals surface area (Å²) in [6.07, 6.45) is 0.941. The molecule has 0 aliphatic rings. The second kappa shape index (κ2) is 6.83. The van der Waals surface area contributed by atoms with Crippen LogP contribution in [0.1, 0.15) is 43.9 Å². The topological polar surface area (TPSA) is 20.2 Å². The van der Waals surface area contributed by atoms with Gasteiger partial charge in [0.1, 0.15) is 0 Å². The molecule has 0 spiro atoms. The fraction of sp³-hybridized carbons (Fsp3) is 0.333. The minimum atomic E-state index is -0.693. The normalized spacial score (nSPS) is 13.2. The molecule has 0 bridgehead atoms. The third-order valence-electron chi connectivity index (χ3n) is 4.39. The molecule has 1 unspecified atom stereocenters. The van der Waals surface area contributed by atoms with Gasteiger partial charge in [0.05, 0.1) is 6.10 Å². The van der Waals surface area contributed by atoms with Crippen molar-refractivity contribution >= 4 is 23.2 Å². The monoisotopic (exact) mass is 322 g/mol. The molecule has 2 aromatic carbocycles. The molecule has 3 heteroatoms. The van der Waals surface area contributed by atoms with Crippen LogP contribution in [-0.4, -0.2) is 5.11 Å². The average Bonchev–Trinajstić information content (AvgIpc) is 2.52. The maximum atomic E-state index is 11.0. The van der Waals surface area contributed by atoms with Gasteiger partial charge in [0.25, 0.3) is 0 Å². The average molecular weight is 323 g/mol. The molecule has 0 amide bonds. The number of aliphatic hydroxyl groups excluding tert-OH is 1. The number of rotatable bonds is 5. The summed E-state index contributed by atoms with van der Waals surface area (Å²) in [7, 11) is 0. The van der Waals surface area contributed by atoms with Gasteiger partial charge in [0.15, 0.2) is 0 Å². The minimum Gasteiger partial charge on any atom is -0.387 e. The lowest BCUT2D eigenvalue weighted by Gasteiger charge is -2.38. The van der Waals surface area contributed by atoms with Gasteiger partial charge in [-0.25, -0.2) is 0 Å². The van der Waals surface area contributed by atoms with Gasteiger partial charge in [-0.15, -0.1) is 0 Å². The van der Waals surface area contributed by atoms with Crippen molar-refractivity contribution in [3.05, 3.63) is 69.7 Å². The van der Waals surface area contributed by atoms with E-state index in [2.05, 4.69) is 26.0 Å². The minimum absolute atomic E-state index is 0.365. The van der Waals surface area contributed by atoms with Crippen LogP contribution in [0, 0.1) is 0 Å². The van der Waals surface area contributed by atoms with Crippen molar-refractivity contribution in [3.8, 4) is 0 Å². The van der Waals surface area contributed by atoms with E-state index in [4.69, 9.17) is 23.2 Å². The molecule has 2 rings (SSSR count). The largest absolute Gasteiger partial charge is 0.387 e. The van der Waals surface area contributed by atoms with Crippen molar-refractivity contribution in [2.75, 3.05) is 0 Å². The third kappa shape index (κ3) is 3.11. The van der Waals surface area contributed by atoms with Gasteiger partial charge in [-0.1, -0.05) is 67.4 Å². The molecule has 1 atom stereocenters. The molecule has 21 heavy (non-hydrogen) atoms. The second-order valence-corrected chi connectivity index (χ2v) is 6.14. The van der Waals surface area contributed by atoms with Gasteiger partial charge in [-0.3, -0.25) is 0 Å². The summed E-state index contributed by atoms with van der Waals surface area (Å²) in [5.74, 6) is 0. The first kappa shape index (κ1) is 16.4. The van der Waals surface area contributed by atoms with Crippen LogP contribution >= 0.6 is 23.2 Å². The summed E-state index contributed by atoms with van der Waals surface area (Å²) in [5, 5.41) is 12.2. The van der Waals surface area contributed by atoms with Crippen LogP contribution in [0.3, 0.4) is 0 Å². The molecular weight excluding hydrogens is 303 g/mol.